The Morgan fingerprint density at radius 1 is 1.29 bits per heavy atom. The number of nitrogens with zero attached hydrogens (tertiary/aromatic N) is 1. The van der Waals surface area contributed by atoms with Crippen LogP contribution in [0.3, 0.4) is 0 Å². The van der Waals surface area contributed by atoms with Crippen molar-refractivity contribution in [2.24, 2.45) is 0 Å². The Labute approximate surface area is 139 Å². The highest BCUT2D eigenvalue weighted by Gasteiger charge is 2.40. The van der Waals surface area contributed by atoms with E-state index in [0.29, 0.717) is 17.1 Å². The van der Waals surface area contributed by atoms with Crippen LogP contribution in [0.25, 0.3) is 0 Å². The summed E-state index contributed by atoms with van der Waals surface area (Å²) in [6, 6.07) is 4.80. The van der Waals surface area contributed by atoms with Crippen molar-refractivity contribution in [2.75, 3.05) is 23.4 Å². The van der Waals surface area contributed by atoms with Gasteiger partial charge in [-0.1, -0.05) is 0 Å². The molecular weight excluding hydrogens is 316 g/mol. The molecule has 8 heteroatoms. The third-order valence-electron chi connectivity index (χ3n) is 3.55. The fraction of sp³-hybridized carbons (Fsp3) is 0.438. The zero-order valence-corrected chi connectivity index (χ0v) is 13.5. The quantitative estimate of drug-likeness (QED) is 0.713. The minimum atomic E-state index is -1.05. The Hall–Kier alpha value is -2.61. The van der Waals surface area contributed by atoms with Crippen LogP contribution < -0.4 is 15.0 Å². The van der Waals surface area contributed by atoms with Gasteiger partial charge in [0.05, 0.1) is 18.7 Å². The van der Waals surface area contributed by atoms with Crippen LogP contribution in [0.5, 0.6) is 5.75 Å². The van der Waals surface area contributed by atoms with Gasteiger partial charge in [0, 0.05) is 18.7 Å². The molecule has 0 fully saturated rings. The molecule has 0 saturated heterocycles. The molecule has 8 nitrogen and oxygen atoms in total. The monoisotopic (exact) mass is 336 g/mol. The number of β-amino-alcohol motifs (C(OH)–C–C–N with tert-alkyl or cyclic N) is 1. The van der Waals surface area contributed by atoms with Crippen molar-refractivity contribution in [1.82, 2.24) is 0 Å². The first-order valence-electron chi connectivity index (χ1n) is 7.52. The van der Waals surface area contributed by atoms with Crippen LogP contribution in [0.2, 0.25) is 0 Å². The molecule has 1 aliphatic heterocycles. The van der Waals surface area contributed by atoms with E-state index in [1.165, 1.54) is 4.90 Å². The van der Waals surface area contributed by atoms with Crippen molar-refractivity contribution in [2.45, 2.75) is 32.3 Å². The van der Waals surface area contributed by atoms with Gasteiger partial charge in [0.2, 0.25) is 5.91 Å². The predicted molar refractivity (Wildman–Crippen MR) is 86.1 cm³/mol. The van der Waals surface area contributed by atoms with E-state index in [4.69, 9.17) is 9.84 Å². The number of hydrogen-bond donors (Lipinski definition) is 3. The lowest BCUT2D eigenvalue weighted by Gasteiger charge is -2.38. The van der Waals surface area contributed by atoms with Gasteiger partial charge in [-0.25, -0.2) is 0 Å². The summed E-state index contributed by atoms with van der Waals surface area (Å²) in [5.41, 5.74) is -0.179. The minimum Gasteiger partial charge on any atom is -0.481 e. The van der Waals surface area contributed by atoms with Gasteiger partial charge in [-0.3, -0.25) is 14.4 Å². The molecule has 2 amide bonds. The number of aliphatic hydroxyl groups excluding tert-OH is 1. The number of benzene rings is 1. The number of hydrogen-bond acceptors (Lipinski definition) is 5. The third-order valence-corrected chi connectivity index (χ3v) is 3.55. The first-order chi connectivity index (χ1) is 11.2. The van der Waals surface area contributed by atoms with E-state index >= 15 is 0 Å². The van der Waals surface area contributed by atoms with E-state index in [2.05, 4.69) is 5.32 Å². The topological polar surface area (TPSA) is 116 Å². The van der Waals surface area contributed by atoms with Crippen molar-refractivity contribution < 1.29 is 29.3 Å². The second-order valence-corrected chi connectivity index (χ2v) is 5.92. The average Bonchev–Trinajstić information content (AvgIpc) is 2.50. The second-order valence-electron chi connectivity index (χ2n) is 5.92. The maximum atomic E-state index is 12.4. The van der Waals surface area contributed by atoms with Gasteiger partial charge >= 0.3 is 5.97 Å². The summed E-state index contributed by atoms with van der Waals surface area (Å²) in [6.07, 6.45) is -0.404. The SMILES string of the molecule is CC1(C)Oc2ccc(NC(=O)CCC(=O)O)cc2N(CCO)C1=O. The van der Waals surface area contributed by atoms with Crippen LogP contribution >= 0.6 is 0 Å². The zero-order chi connectivity index (χ0) is 17.9. The van der Waals surface area contributed by atoms with Crippen LogP contribution in [-0.2, 0) is 14.4 Å². The number of carboxylic acids is 1. The smallest absolute Gasteiger partial charge is 0.303 e. The number of fused-ring (bicyclic) bond motifs is 1. The fourth-order valence-electron chi connectivity index (χ4n) is 2.41. The van der Waals surface area contributed by atoms with E-state index in [1.807, 2.05) is 0 Å². The lowest BCUT2D eigenvalue weighted by molar-refractivity contribution is -0.138. The van der Waals surface area contributed by atoms with Gasteiger partial charge in [0.1, 0.15) is 5.75 Å². The Morgan fingerprint density at radius 3 is 2.62 bits per heavy atom. The maximum Gasteiger partial charge on any atom is 0.303 e. The second kappa shape index (κ2) is 6.88. The van der Waals surface area contributed by atoms with Gasteiger partial charge in [-0.2, -0.15) is 0 Å². The van der Waals surface area contributed by atoms with Gasteiger partial charge in [-0.15, -0.1) is 0 Å². The van der Waals surface area contributed by atoms with Crippen LogP contribution in [0.4, 0.5) is 11.4 Å². The molecule has 0 radical (unpaired) electrons. The molecule has 3 N–H and O–H groups in total. The molecule has 0 atom stereocenters. The van der Waals surface area contributed by atoms with Crippen LogP contribution in [0.15, 0.2) is 18.2 Å². The average molecular weight is 336 g/mol. The maximum absolute atomic E-state index is 12.4. The van der Waals surface area contributed by atoms with Gasteiger partial charge in [-0.05, 0) is 32.0 Å². The van der Waals surface area contributed by atoms with Crippen LogP contribution in [-0.4, -0.2) is 46.7 Å². The number of carbonyl (C=O) groups excluding carboxylic acids is 2. The van der Waals surface area contributed by atoms with Crippen molar-refractivity contribution in [3.63, 3.8) is 0 Å². The first kappa shape index (κ1) is 17.7. The first-order valence-corrected chi connectivity index (χ1v) is 7.52. The molecule has 0 saturated carbocycles. The highest BCUT2D eigenvalue weighted by atomic mass is 16.5. The number of nitrogens with one attached hydrogen (secondary N) is 1. The molecule has 0 bridgehead atoms. The molecule has 130 valence electrons. The Kier molecular flexibility index (Phi) is 5.08. The number of rotatable bonds is 6. The molecule has 0 unspecified atom stereocenters. The molecule has 1 aromatic carbocycles. The minimum absolute atomic E-state index is 0.106. The summed E-state index contributed by atoms with van der Waals surface area (Å²) in [5, 5.41) is 20.4. The molecule has 24 heavy (non-hydrogen) atoms. The molecule has 2 rings (SSSR count). The molecule has 0 spiro atoms. The van der Waals surface area contributed by atoms with Gasteiger partial charge < -0.3 is 25.2 Å². The number of aliphatic hydroxyl groups is 1. The molecule has 1 aromatic rings. The summed E-state index contributed by atoms with van der Waals surface area (Å²) in [4.78, 5) is 36.1. The summed E-state index contributed by atoms with van der Waals surface area (Å²) in [7, 11) is 0. The van der Waals surface area contributed by atoms with Crippen molar-refractivity contribution in [3.8, 4) is 5.75 Å². The molecule has 0 aromatic heterocycles. The molecular formula is C16H20N2O6. The van der Waals surface area contributed by atoms with E-state index in [0.717, 1.165) is 0 Å². The standard InChI is InChI=1S/C16H20N2O6/c1-16(2)15(23)18(7-8-19)11-9-10(3-4-12(11)24-16)17-13(20)5-6-14(21)22/h3-4,9,19H,5-8H2,1-2H3,(H,17,20)(H,21,22). The third kappa shape index (κ3) is 3.83. The zero-order valence-electron chi connectivity index (χ0n) is 13.5. The van der Waals surface area contributed by atoms with Crippen LogP contribution in [0.1, 0.15) is 26.7 Å². The van der Waals surface area contributed by atoms with Gasteiger partial charge in [0.25, 0.3) is 5.91 Å². The van der Waals surface area contributed by atoms with E-state index in [1.54, 1.807) is 32.0 Å². The Morgan fingerprint density at radius 2 is 2.00 bits per heavy atom. The number of carboxylic acid groups (broad SMARTS) is 1. The van der Waals surface area contributed by atoms with E-state index in [-0.39, 0.29) is 31.9 Å². The largest absolute Gasteiger partial charge is 0.481 e. The summed E-state index contributed by atoms with van der Waals surface area (Å²) < 4.78 is 5.68. The lowest BCUT2D eigenvalue weighted by Crippen LogP contribution is -2.53. The molecule has 1 heterocycles. The van der Waals surface area contributed by atoms with Gasteiger partial charge in [0.15, 0.2) is 5.60 Å². The molecule has 1 aliphatic rings. The van der Waals surface area contributed by atoms with Crippen molar-refractivity contribution in [1.29, 1.82) is 0 Å². The Balaban J connectivity index is 2.24. The summed E-state index contributed by atoms with van der Waals surface area (Å²) >= 11 is 0. The number of aliphatic carboxylic acids is 1. The fourth-order valence-corrected chi connectivity index (χ4v) is 2.41. The van der Waals surface area contributed by atoms with Crippen molar-refractivity contribution in [3.05, 3.63) is 18.2 Å². The Bertz CT molecular complexity index is 671. The van der Waals surface area contributed by atoms with Crippen molar-refractivity contribution >= 4 is 29.2 Å². The number of carbonyl (C=O) groups is 3. The van der Waals surface area contributed by atoms with Crippen LogP contribution in [0, 0.1) is 0 Å². The van der Waals surface area contributed by atoms with E-state index in [9.17, 15) is 19.5 Å². The normalized spacial score (nSPS) is 15.5. The highest BCUT2D eigenvalue weighted by Crippen LogP contribution is 2.39. The van der Waals surface area contributed by atoms with E-state index < -0.39 is 17.5 Å². The summed E-state index contributed by atoms with van der Waals surface area (Å²) in [5.74, 6) is -1.31. The number of anilines is 2. The number of ether oxygens (including phenoxy) is 1. The number of amides is 2. The predicted octanol–water partition coefficient (Wildman–Crippen LogP) is 0.986. The summed E-state index contributed by atoms with van der Waals surface area (Å²) in [6.45, 7) is 3.18. The molecule has 0 aliphatic carbocycles. The highest BCUT2D eigenvalue weighted by molar-refractivity contribution is 6.03. The lowest BCUT2D eigenvalue weighted by atomic mass is 10.0.